The lowest BCUT2D eigenvalue weighted by Crippen LogP contribution is -2.40. The van der Waals surface area contributed by atoms with Gasteiger partial charge in [-0.1, -0.05) is 0 Å². The highest BCUT2D eigenvalue weighted by atomic mass is 16.3. The lowest BCUT2D eigenvalue weighted by atomic mass is 10.1. The highest BCUT2D eigenvalue weighted by Crippen LogP contribution is 2.41. The van der Waals surface area contributed by atoms with E-state index in [2.05, 4.69) is 10.3 Å². The molecule has 0 amide bonds. The Morgan fingerprint density at radius 3 is 3.00 bits per heavy atom. The molecule has 17 heavy (non-hydrogen) atoms. The summed E-state index contributed by atoms with van der Waals surface area (Å²) in [5.74, 6) is 0.0409. The Balaban J connectivity index is 2.41. The number of rotatable bonds is 0. The quantitative estimate of drug-likeness (QED) is 0.491. The first-order valence-electron chi connectivity index (χ1n) is 5.22. The summed E-state index contributed by atoms with van der Waals surface area (Å²) >= 11 is 0. The third-order valence-corrected chi connectivity index (χ3v) is 3.06. The van der Waals surface area contributed by atoms with Crippen LogP contribution in [0.25, 0.3) is 10.9 Å². The molecule has 0 saturated heterocycles. The molecule has 1 aliphatic heterocycles. The number of phenols is 1. The molecule has 1 aliphatic rings. The van der Waals surface area contributed by atoms with Crippen LogP contribution in [0.15, 0.2) is 23.0 Å². The number of hydrogen-bond acceptors (Lipinski definition) is 5. The van der Waals surface area contributed by atoms with Crippen LogP contribution >= 0.6 is 0 Å². The Morgan fingerprint density at radius 1 is 1.47 bits per heavy atom. The summed E-state index contributed by atoms with van der Waals surface area (Å²) < 4.78 is 0. The molecule has 0 spiro atoms. The summed E-state index contributed by atoms with van der Waals surface area (Å²) in [6.45, 7) is 0. The van der Waals surface area contributed by atoms with Crippen molar-refractivity contribution in [3.05, 3.63) is 28.6 Å². The van der Waals surface area contributed by atoms with Crippen LogP contribution in [0.3, 0.4) is 0 Å². The number of fused-ring (bicyclic) bond motifs is 3. The number of benzene rings is 1. The van der Waals surface area contributed by atoms with Crippen molar-refractivity contribution in [1.82, 2.24) is 4.98 Å². The minimum absolute atomic E-state index is 0.0409. The number of phenolic OH excluding ortho intramolecular Hbond substituents is 1. The molecule has 2 aromatic rings. The second-order valence-electron chi connectivity index (χ2n) is 4.10. The highest BCUT2D eigenvalue weighted by Gasteiger charge is 2.25. The summed E-state index contributed by atoms with van der Waals surface area (Å²) in [5, 5.41) is 13.8. The van der Waals surface area contributed by atoms with E-state index < -0.39 is 0 Å². The molecule has 6 nitrogen and oxygen atoms in total. The van der Waals surface area contributed by atoms with Crippen LogP contribution in [0.2, 0.25) is 0 Å². The van der Waals surface area contributed by atoms with Crippen LogP contribution in [0.1, 0.15) is 0 Å². The molecule has 6 heteroatoms. The fourth-order valence-corrected chi connectivity index (χ4v) is 2.12. The number of anilines is 2. The van der Waals surface area contributed by atoms with Gasteiger partial charge >= 0.3 is 0 Å². The second kappa shape index (κ2) is 3.14. The molecule has 3 rings (SSSR count). The standard InChI is InChI=1S/C11H12N4O2/c1-15-6-4-7(16)10-5(2-3-8(17)13-10)9(6)14-11(15)12/h2-4,11,14,16H,12H2,1H3,(H,13,17). The van der Waals surface area contributed by atoms with Gasteiger partial charge in [0, 0.05) is 24.6 Å². The van der Waals surface area contributed by atoms with Crippen molar-refractivity contribution in [2.24, 2.45) is 5.73 Å². The van der Waals surface area contributed by atoms with Gasteiger partial charge in [-0.05, 0) is 6.07 Å². The molecule has 88 valence electrons. The maximum Gasteiger partial charge on any atom is 0.248 e. The van der Waals surface area contributed by atoms with Gasteiger partial charge in [0.2, 0.25) is 5.56 Å². The summed E-state index contributed by atoms with van der Waals surface area (Å²) in [5.41, 5.74) is 7.67. The molecule has 2 heterocycles. The number of pyridine rings is 1. The molecule has 0 bridgehead atoms. The Bertz CT molecular complexity index is 664. The fraction of sp³-hybridized carbons (Fsp3) is 0.182. The summed E-state index contributed by atoms with van der Waals surface area (Å²) in [6.07, 6.45) is -0.332. The molecular formula is C11H12N4O2. The molecule has 0 radical (unpaired) electrons. The Kier molecular flexibility index (Phi) is 1.84. The zero-order valence-corrected chi connectivity index (χ0v) is 9.19. The van der Waals surface area contributed by atoms with Gasteiger partial charge in [0.15, 0.2) is 6.29 Å². The van der Waals surface area contributed by atoms with Crippen LogP contribution in [0.4, 0.5) is 11.4 Å². The zero-order chi connectivity index (χ0) is 12.2. The van der Waals surface area contributed by atoms with E-state index in [0.29, 0.717) is 5.52 Å². The molecule has 1 aromatic heterocycles. The third kappa shape index (κ3) is 1.27. The van der Waals surface area contributed by atoms with Crippen LogP contribution in [-0.2, 0) is 0 Å². The largest absolute Gasteiger partial charge is 0.506 e. The minimum Gasteiger partial charge on any atom is -0.506 e. The first kappa shape index (κ1) is 9.98. The van der Waals surface area contributed by atoms with Crippen molar-refractivity contribution in [2.75, 3.05) is 17.3 Å². The molecular weight excluding hydrogens is 220 g/mol. The third-order valence-electron chi connectivity index (χ3n) is 3.06. The Morgan fingerprint density at radius 2 is 2.24 bits per heavy atom. The number of nitrogens with two attached hydrogens (primary N) is 1. The van der Waals surface area contributed by atoms with Crippen LogP contribution in [-0.4, -0.2) is 23.4 Å². The van der Waals surface area contributed by atoms with Crippen molar-refractivity contribution in [3.63, 3.8) is 0 Å². The van der Waals surface area contributed by atoms with Crippen molar-refractivity contribution in [3.8, 4) is 5.75 Å². The summed E-state index contributed by atoms with van der Waals surface area (Å²) in [6, 6.07) is 4.69. The van der Waals surface area contributed by atoms with E-state index in [1.807, 2.05) is 11.9 Å². The number of aromatic nitrogens is 1. The average Bonchev–Trinajstić information content (AvgIpc) is 2.57. The summed E-state index contributed by atoms with van der Waals surface area (Å²) in [7, 11) is 1.83. The van der Waals surface area contributed by atoms with E-state index in [0.717, 1.165) is 16.8 Å². The number of H-pyrrole nitrogens is 1. The van der Waals surface area contributed by atoms with Crippen molar-refractivity contribution in [1.29, 1.82) is 0 Å². The highest BCUT2D eigenvalue weighted by molar-refractivity contribution is 6.03. The molecule has 1 unspecified atom stereocenters. The maximum absolute atomic E-state index is 11.2. The lowest BCUT2D eigenvalue weighted by Gasteiger charge is -2.16. The molecule has 1 aromatic carbocycles. The second-order valence-corrected chi connectivity index (χ2v) is 4.10. The number of aromatic amines is 1. The van der Waals surface area contributed by atoms with Gasteiger partial charge in [-0.3, -0.25) is 10.5 Å². The van der Waals surface area contributed by atoms with Gasteiger partial charge < -0.3 is 20.3 Å². The van der Waals surface area contributed by atoms with E-state index in [1.54, 1.807) is 12.1 Å². The zero-order valence-electron chi connectivity index (χ0n) is 9.19. The fourth-order valence-electron chi connectivity index (χ4n) is 2.12. The van der Waals surface area contributed by atoms with Gasteiger partial charge in [0.05, 0.1) is 16.9 Å². The van der Waals surface area contributed by atoms with E-state index in [9.17, 15) is 9.90 Å². The predicted molar refractivity (Wildman–Crippen MR) is 66.2 cm³/mol. The topological polar surface area (TPSA) is 94.4 Å². The van der Waals surface area contributed by atoms with E-state index in [-0.39, 0.29) is 17.6 Å². The lowest BCUT2D eigenvalue weighted by molar-refractivity contribution is 0.480. The number of hydrogen-bond donors (Lipinski definition) is 4. The van der Waals surface area contributed by atoms with Gasteiger partial charge in [-0.25, -0.2) is 0 Å². The average molecular weight is 232 g/mol. The van der Waals surface area contributed by atoms with E-state index in [4.69, 9.17) is 5.73 Å². The summed E-state index contributed by atoms with van der Waals surface area (Å²) in [4.78, 5) is 15.7. The van der Waals surface area contributed by atoms with E-state index >= 15 is 0 Å². The van der Waals surface area contributed by atoms with Gasteiger partial charge in [0.25, 0.3) is 0 Å². The number of aromatic hydroxyl groups is 1. The first-order chi connectivity index (χ1) is 8.08. The SMILES string of the molecule is CN1c2cc(O)c3[nH]c(=O)ccc3c2NC1N. The first-order valence-corrected chi connectivity index (χ1v) is 5.22. The van der Waals surface area contributed by atoms with E-state index in [1.165, 1.54) is 6.07 Å². The monoisotopic (exact) mass is 232 g/mol. The van der Waals surface area contributed by atoms with Gasteiger partial charge in [-0.2, -0.15) is 0 Å². The van der Waals surface area contributed by atoms with Gasteiger partial charge in [-0.15, -0.1) is 0 Å². The normalized spacial score (nSPS) is 18.2. The maximum atomic E-state index is 11.2. The predicted octanol–water partition coefficient (Wildman–Crippen LogP) is 0.338. The van der Waals surface area contributed by atoms with Crippen LogP contribution in [0.5, 0.6) is 5.75 Å². The molecule has 0 saturated carbocycles. The molecule has 5 N–H and O–H groups in total. The Hall–Kier alpha value is -2.21. The number of nitrogens with zero attached hydrogens (tertiary/aromatic N) is 1. The minimum atomic E-state index is -0.332. The van der Waals surface area contributed by atoms with Gasteiger partial charge in [0.1, 0.15) is 5.75 Å². The van der Waals surface area contributed by atoms with Crippen molar-refractivity contribution in [2.45, 2.75) is 6.29 Å². The van der Waals surface area contributed by atoms with Crippen molar-refractivity contribution >= 4 is 22.3 Å². The van der Waals surface area contributed by atoms with Crippen molar-refractivity contribution < 1.29 is 5.11 Å². The Labute approximate surface area is 96.7 Å². The smallest absolute Gasteiger partial charge is 0.248 e. The van der Waals surface area contributed by atoms with Crippen LogP contribution in [0, 0.1) is 0 Å². The van der Waals surface area contributed by atoms with Crippen LogP contribution < -0.4 is 21.5 Å². The molecule has 1 atom stereocenters. The number of nitrogens with one attached hydrogen (secondary N) is 2. The molecule has 0 aliphatic carbocycles. The molecule has 0 fully saturated rings.